The normalized spacial score (nSPS) is 17.6. The van der Waals surface area contributed by atoms with Crippen molar-refractivity contribution in [1.82, 2.24) is 14.9 Å². The molecule has 0 spiro atoms. The van der Waals surface area contributed by atoms with Crippen LogP contribution in [-0.4, -0.2) is 66.7 Å². The van der Waals surface area contributed by atoms with E-state index in [9.17, 15) is 18.0 Å². The van der Waals surface area contributed by atoms with E-state index in [0.717, 1.165) is 12.1 Å². The molecule has 2 aliphatic heterocycles. The molecular formula is C26H26ClF3N6O3. The third-order valence-corrected chi connectivity index (χ3v) is 6.95. The molecule has 2 aliphatic rings. The lowest BCUT2D eigenvalue weighted by molar-refractivity contribution is -0.137. The number of carbonyl (C=O) groups is 1. The van der Waals surface area contributed by atoms with Crippen LogP contribution in [0.15, 0.2) is 42.7 Å². The summed E-state index contributed by atoms with van der Waals surface area (Å²) >= 11 is 6.30. The van der Waals surface area contributed by atoms with Gasteiger partial charge in [-0.1, -0.05) is 11.6 Å². The molecule has 0 saturated carbocycles. The topological polar surface area (TPSA) is 91.9 Å². The number of hydrogen-bond donors (Lipinski definition) is 2. The lowest BCUT2D eigenvalue weighted by Gasteiger charge is -2.39. The average molecular weight is 563 g/mol. The summed E-state index contributed by atoms with van der Waals surface area (Å²) in [5.41, 5.74) is -0.298. The van der Waals surface area contributed by atoms with Crippen LogP contribution >= 0.6 is 11.6 Å². The van der Waals surface area contributed by atoms with E-state index in [4.69, 9.17) is 21.1 Å². The van der Waals surface area contributed by atoms with Gasteiger partial charge in [0.25, 0.3) is 11.8 Å². The van der Waals surface area contributed by atoms with Crippen molar-refractivity contribution in [2.24, 2.45) is 0 Å². The Morgan fingerprint density at radius 2 is 2.03 bits per heavy atom. The van der Waals surface area contributed by atoms with Crippen LogP contribution < -0.4 is 25.0 Å². The number of ether oxygens (including phenoxy) is 2. The molecule has 0 bridgehead atoms. The van der Waals surface area contributed by atoms with Gasteiger partial charge in [0.05, 0.1) is 17.1 Å². The fourth-order valence-corrected chi connectivity index (χ4v) is 4.51. The number of fused-ring (bicyclic) bond motifs is 1. The monoisotopic (exact) mass is 562 g/mol. The Hall–Kier alpha value is -3.77. The van der Waals surface area contributed by atoms with Crippen molar-refractivity contribution in [1.29, 1.82) is 0 Å². The van der Waals surface area contributed by atoms with Gasteiger partial charge in [-0.15, -0.1) is 0 Å². The van der Waals surface area contributed by atoms with Gasteiger partial charge in [0.15, 0.2) is 5.82 Å². The highest BCUT2D eigenvalue weighted by atomic mass is 35.5. The molecule has 206 valence electrons. The Morgan fingerprint density at radius 1 is 1.21 bits per heavy atom. The number of halogens is 4. The summed E-state index contributed by atoms with van der Waals surface area (Å²) in [6.07, 6.45) is -3.28. The molecule has 1 atom stereocenters. The maximum Gasteiger partial charge on any atom is 0.416 e. The predicted octanol–water partition coefficient (Wildman–Crippen LogP) is 5.14. The molecule has 0 unspecified atom stereocenters. The first-order chi connectivity index (χ1) is 18.6. The smallest absolute Gasteiger partial charge is 0.416 e. The Kier molecular flexibility index (Phi) is 7.41. The van der Waals surface area contributed by atoms with Gasteiger partial charge >= 0.3 is 6.18 Å². The molecule has 1 aromatic heterocycles. The molecule has 13 heteroatoms. The summed E-state index contributed by atoms with van der Waals surface area (Å²) in [6, 6.07) is 8.05. The van der Waals surface area contributed by atoms with Crippen molar-refractivity contribution in [3.05, 3.63) is 58.9 Å². The number of carbonyl (C=O) groups excluding carboxylic acids is 1. The molecule has 2 N–H and O–H groups in total. The molecule has 1 saturated heterocycles. The largest absolute Gasteiger partial charge is 0.483 e. The first kappa shape index (κ1) is 26.8. The van der Waals surface area contributed by atoms with Crippen molar-refractivity contribution >= 4 is 34.7 Å². The summed E-state index contributed by atoms with van der Waals surface area (Å²) in [5, 5.41) is 5.87. The van der Waals surface area contributed by atoms with E-state index in [-0.39, 0.29) is 33.9 Å². The third-order valence-electron chi connectivity index (χ3n) is 6.64. The summed E-state index contributed by atoms with van der Waals surface area (Å²) in [6.45, 7) is 4.82. The maximum absolute atomic E-state index is 13.7. The number of hydrogen-bond acceptors (Lipinski definition) is 8. The SMILES string of the molecule is C[C@@H]1CN(c2cc(NC(=O)c3ccc(Cl)c(Oc4ncnc5c4OCCN5)c3)cc(C(F)(F)F)c2)CCN1C. The number of nitrogens with zero attached hydrogens (tertiary/aromatic N) is 4. The van der Waals surface area contributed by atoms with Crippen LogP contribution in [0.5, 0.6) is 17.4 Å². The molecule has 3 heterocycles. The van der Waals surface area contributed by atoms with Crippen molar-refractivity contribution < 1.29 is 27.4 Å². The zero-order valence-corrected chi connectivity index (χ0v) is 21.9. The minimum atomic E-state index is -4.58. The fraction of sp³-hybridized carbons (Fsp3) is 0.346. The van der Waals surface area contributed by atoms with Crippen LogP contribution in [-0.2, 0) is 6.18 Å². The number of nitrogens with one attached hydrogen (secondary N) is 2. The van der Waals surface area contributed by atoms with Crippen LogP contribution in [0.25, 0.3) is 0 Å². The molecule has 3 aromatic rings. The van der Waals surface area contributed by atoms with Gasteiger partial charge in [-0.2, -0.15) is 18.2 Å². The number of aromatic nitrogens is 2. The highest BCUT2D eigenvalue weighted by molar-refractivity contribution is 6.32. The lowest BCUT2D eigenvalue weighted by Crippen LogP contribution is -2.50. The average Bonchev–Trinajstić information content (AvgIpc) is 2.91. The van der Waals surface area contributed by atoms with Gasteiger partial charge < -0.3 is 29.9 Å². The number of benzene rings is 2. The molecule has 2 aromatic carbocycles. The second-order valence-corrected chi connectivity index (χ2v) is 9.78. The van der Waals surface area contributed by atoms with E-state index >= 15 is 0 Å². The Labute approximate surface area is 227 Å². The number of piperazine rings is 1. The summed E-state index contributed by atoms with van der Waals surface area (Å²) in [4.78, 5) is 25.4. The van der Waals surface area contributed by atoms with Gasteiger partial charge in [0, 0.05) is 42.6 Å². The van der Waals surface area contributed by atoms with Gasteiger partial charge in [0.1, 0.15) is 18.7 Å². The summed E-state index contributed by atoms with van der Waals surface area (Å²) in [7, 11) is 1.98. The van der Waals surface area contributed by atoms with Gasteiger partial charge in [-0.3, -0.25) is 4.79 Å². The molecule has 1 amide bonds. The number of anilines is 3. The highest BCUT2D eigenvalue weighted by Gasteiger charge is 2.33. The zero-order valence-electron chi connectivity index (χ0n) is 21.2. The number of amides is 1. The first-order valence-corrected chi connectivity index (χ1v) is 12.6. The molecule has 0 radical (unpaired) electrons. The molecule has 5 rings (SSSR count). The Bertz CT molecular complexity index is 1390. The minimum Gasteiger partial charge on any atom is -0.483 e. The van der Waals surface area contributed by atoms with Crippen LogP contribution in [0.1, 0.15) is 22.8 Å². The molecule has 9 nitrogen and oxygen atoms in total. The lowest BCUT2D eigenvalue weighted by atomic mass is 10.1. The standard InChI is InChI=1S/C26H26ClF3N6O3/c1-15-13-36(7-6-35(15)2)19-11-17(26(28,29)30)10-18(12-19)34-24(37)16-3-4-20(27)21(9-16)39-25-22-23(32-14-33-25)31-5-8-38-22/h3-4,9-12,14-15H,5-8,13H2,1-2H3,(H,34,37)(H,31,32,33)/t15-/m1/s1. The van der Waals surface area contributed by atoms with Crippen molar-refractivity contribution in [3.8, 4) is 17.4 Å². The maximum atomic E-state index is 13.7. The van der Waals surface area contributed by atoms with Crippen molar-refractivity contribution in [2.75, 3.05) is 55.4 Å². The second-order valence-electron chi connectivity index (χ2n) is 9.38. The molecule has 39 heavy (non-hydrogen) atoms. The first-order valence-electron chi connectivity index (χ1n) is 12.3. The van der Waals surface area contributed by atoms with E-state index in [1.165, 1.54) is 24.5 Å². The van der Waals surface area contributed by atoms with E-state index in [1.54, 1.807) is 6.07 Å². The summed E-state index contributed by atoms with van der Waals surface area (Å²) < 4.78 is 52.7. The van der Waals surface area contributed by atoms with Crippen LogP contribution in [0.4, 0.5) is 30.4 Å². The van der Waals surface area contributed by atoms with Gasteiger partial charge in [0.2, 0.25) is 5.75 Å². The molecule has 1 fully saturated rings. The quantitative estimate of drug-likeness (QED) is 0.442. The highest BCUT2D eigenvalue weighted by Crippen LogP contribution is 2.39. The van der Waals surface area contributed by atoms with Crippen molar-refractivity contribution in [3.63, 3.8) is 0 Å². The Balaban J connectivity index is 1.40. The predicted molar refractivity (Wildman–Crippen MR) is 141 cm³/mol. The Morgan fingerprint density at radius 3 is 2.79 bits per heavy atom. The van der Waals surface area contributed by atoms with Gasteiger partial charge in [-0.25, -0.2) is 4.98 Å². The summed E-state index contributed by atoms with van der Waals surface area (Å²) in [5.74, 6) is 0.373. The second kappa shape index (κ2) is 10.8. The van der Waals surface area contributed by atoms with Gasteiger partial charge in [-0.05, 0) is 50.4 Å². The van der Waals surface area contributed by atoms with Crippen molar-refractivity contribution in [2.45, 2.75) is 19.1 Å². The van der Waals surface area contributed by atoms with E-state index < -0.39 is 17.6 Å². The van der Waals surface area contributed by atoms with Crippen LogP contribution in [0.2, 0.25) is 5.02 Å². The van der Waals surface area contributed by atoms with E-state index in [2.05, 4.69) is 25.5 Å². The molecule has 0 aliphatic carbocycles. The van der Waals surface area contributed by atoms with Crippen LogP contribution in [0, 0.1) is 0 Å². The molecular weight excluding hydrogens is 537 g/mol. The minimum absolute atomic E-state index is 0.0261. The zero-order chi connectivity index (χ0) is 27.7. The number of likely N-dealkylation sites (N-methyl/N-ethyl adjacent to an activating group) is 1. The number of rotatable bonds is 5. The van der Waals surface area contributed by atoms with E-state index in [1.807, 2.05) is 18.9 Å². The number of alkyl halides is 3. The van der Waals surface area contributed by atoms with E-state index in [0.29, 0.717) is 50.0 Å². The van der Waals surface area contributed by atoms with Crippen LogP contribution in [0.3, 0.4) is 0 Å². The fourth-order valence-electron chi connectivity index (χ4n) is 4.35. The third kappa shape index (κ3) is 5.96.